The molecule has 5 nitrogen and oxygen atoms in total. The van der Waals surface area contributed by atoms with Gasteiger partial charge in [-0.05, 0) is 57.0 Å². The minimum absolute atomic E-state index is 0.330. The summed E-state index contributed by atoms with van der Waals surface area (Å²) < 4.78 is 10.8. The molecule has 0 bridgehead atoms. The number of hydrogen-bond acceptors (Lipinski definition) is 4. The van der Waals surface area contributed by atoms with Crippen molar-refractivity contribution in [2.24, 2.45) is 0 Å². The maximum atomic E-state index is 12.1. The average Bonchev–Trinajstić information content (AvgIpc) is 2.66. The maximum Gasteiger partial charge on any atom is 0.338 e. The number of nitrogens with one attached hydrogen (secondary N) is 1. The molecule has 1 N–H and O–H groups in total. The largest absolute Gasteiger partial charge is 0.496 e. The van der Waals surface area contributed by atoms with Gasteiger partial charge in [0.15, 0.2) is 6.61 Å². The van der Waals surface area contributed by atoms with Crippen LogP contribution in [-0.4, -0.2) is 25.6 Å². The van der Waals surface area contributed by atoms with Crippen molar-refractivity contribution in [1.82, 2.24) is 0 Å². The third-order valence-corrected chi connectivity index (χ3v) is 4.37. The van der Waals surface area contributed by atoms with E-state index >= 15 is 0 Å². The predicted octanol–water partition coefficient (Wildman–Crippen LogP) is 4.41. The van der Waals surface area contributed by atoms with Crippen molar-refractivity contribution < 1.29 is 19.1 Å². The number of ether oxygens (including phenoxy) is 2. The Hall–Kier alpha value is -2.86. The first kappa shape index (κ1) is 17.9. The Morgan fingerprint density at radius 3 is 2.50 bits per heavy atom. The van der Waals surface area contributed by atoms with Crippen LogP contribution in [0.4, 0.5) is 5.69 Å². The Labute approximate surface area is 159 Å². The van der Waals surface area contributed by atoms with Gasteiger partial charge in [0.2, 0.25) is 0 Å². The summed E-state index contributed by atoms with van der Waals surface area (Å²) in [5.74, 6) is -0.376. The number of methoxy groups -OCH3 is 1. The van der Waals surface area contributed by atoms with Gasteiger partial charge in [-0.25, -0.2) is 4.79 Å². The highest BCUT2D eigenvalue weighted by molar-refractivity contribution is 9.10. The molecule has 132 valence electrons. The minimum atomic E-state index is -0.581. The molecular formula is C20H16BrNO4. The lowest BCUT2D eigenvalue weighted by Crippen LogP contribution is -2.20. The zero-order chi connectivity index (χ0) is 18.5. The number of hydrogen-bond donors (Lipinski definition) is 1. The smallest absolute Gasteiger partial charge is 0.338 e. The zero-order valence-corrected chi connectivity index (χ0v) is 15.6. The van der Waals surface area contributed by atoms with Crippen LogP contribution in [0.2, 0.25) is 0 Å². The third-order valence-electron chi connectivity index (χ3n) is 3.76. The molecular weight excluding hydrogens is 398 g/mol. The van der Waals surface area contributed by atoms with E-state index in [0.717, 1.165) is 10.8 Å². The molecule has 0 aliphatic heterocycles. The molecule has 0 unspecified atom stereocenters. The molecule has 26 heavy (non-hydrogen) atoms. The topological polar surface area (TPSA) is 64.6 Å². The summed E-state index contributed by atoms with van der Waals surface area (Å²) in [5.41, 5.74) is 0.980. The number of esters is 1. The first-order valence-electron chi connectivity index (χ1n) is 7.86. The second kappa shape index (κ2) is 8.01. The van der Waals surface area contributed by atoms with E-state index in [2.05, 4.69) is 21.2 Å². The lowest BCUT2D eigenvalue weighted by atomic mass is 10.1. The lowest BCUT2D eigenvalue weighted by Gasteiger charge is -2.09. The van der Waals surface area contributed by atoms with Gasteiger partial charge in [-0.15, -0.1) is 0 Å². The Morgan fingerprint density at radius 1 is 1.00 bits per heavy atom. The van der Waals surface area contributed by atoms with E-state index in [1.807, 2.05) is 42.5 Å². The second-order valence-corrected chi connectivity index (χ2v) is 6.39. The van der Waals surface area contributed by atoms with Crippen LogP contribution < -0.4 is 10.1 Å². The highest BCUT2D eigenvalue weighted by atomic mass is 79.9. The third kappa shape index (κ3) is 4.21. The molecule has 0 aromatic heterocycles. The zero-order valence-electron chi connectivity index (χ0n) is 14.0. The van der Waals surface area contributed by atoms with Crippen LogP contribution in [0.5, 0.6) is 5.75 Å². The van der Waals surface area contributed by atoms with Crippen LogP contribution in [-0.2, 0) is 9.53 Å². The molecule has 0 aliphatic carbocycles. The van der Waals surface area contributed by atoms with E-state index in [-0.39, 0.29) is 6.61 Å². The molecule has 0 spiro atoms. The van der Waals surface area contributed by atoms with Gasteiger partial charge < -0.3 is 14.8 Å². The monoisotopic (exact) mass is 413 g/mol. The number of amides is 1. The molecule has 0 saturated heterocycles. The molecule has 0 aliphatic rings. The van der Waals surface area contributed by atoms with Crippen LogP contribution in [0.25, 0.3) is 10.8 Å². The van der Waals surface area contributed by atoms with Crippen LogP contribution in [0.3, 0.4) is 0 Å². The van der Waals surface area contributed by atoms with Crippen molar-refractivity contribution in [3.63, 3.8) is 0 Å². The van der Waals surface area contributed by atoms with Crippen molar-refractivity contribution >= 4 is 44.3 Å². The Kier molecular flexibility index (Phi) is 5.53. The average molecular weight is 414 g/mol. The summed E-state index contributed by atoms with van der Waals surface area (Å²) in [7, 11) is 1.54. The number of carbonyl (C=O) groups is 2. The molecule has 3 aromatic rings. The standard InChI is InChI=1S/C20H16BrNO4/c1-25-18-9-7-15(11-17(18)21)20(24)26-12-19(23)22-16-8-6-13-4-2-3-5-14(13)10-16/h2-11H,12H2,1H3,(H,22,23). The molecule has 1 amide bonds. The lowest BCUT2D eigenvalue weighted by molar-refractivity contribution is -0.119. The van der Waals surface area contributed by atoms with E-state index in [0.29, 0.717) is 21.5 Å². The fourth-order valence-corrected chi connectivity index (χ4v) is 3.01. The summed E-state index contributed by atoms with van der Waals surface area (Å²) in [6.07, 6.45) is 0. The van der Waals surface area contributed by atoms with E-state index in [9.17, 15) is 9.59 Å². The first-order chi connectivity index (χ1) is 12.6. The van der Waals surface area contributed by atoms with Gasteiger partial charge >= 0.3 is 5.97 Å². The fraction of sp³-hybridized carbons (Fsp3) is 0.100. The molecule has 0 saturated carbocycles. The van der Waals surface area contributed by atoms with Gasteiger partial charge in [0, 0.05) is 5.69 Å². The Morgan fingerprint density at radius 2 is 1.77 bits per heavy atom. The number of rotatable bonds is 5. The number of benzene rings is 3. The van der Waals surface area contributed by atoms with Gasteiger partial charge in [0.25, 0.3) is 5.91 Å². The van der Waals surface area contributed by atoms with Crippen LogP contribution >= 0.6 is 15.9 Å². The van der Waals surface area contributed by atoms with Crippen LogP contribution in [0, 0.1) is 0 Å². The maximum absolute atomic E-state index is 12.1. The highest BCUT2D eigenvalue weighted by Crippen LogP contribution is 2.25. The summed E-state index contributed by atoms with van der Waals surface area (Å²) in [6, 6.07) is 18.3. The molecule has 0 heterocycles. The van der Waals surface area contributed by atoms with Gasteiger partial charge in [-0.2, -0.15) is 0 Å². The van der Waals surface area contributed by atoms with E-state index in [4.69, 9.17) is 9.47 Å². The van der Waals surface area contributed by atoms with Gasteiger partial charge in [-0.1, -0.05) is 30.3 Å². The van der Waals surface area contributed by atoms with E-state index in [1.165, 1.54) is 7.11 Å². The van der Waals surface area contributed by atoms with Crippen LogP contribution in [0.1, 0.15) is 10.4 Å². The SMILES string of the molecule is COc1ccc(C(=O)OCC(=O)Nc2ccc3ccccc3c2)cc1Br. The number of halogens is 1. The Balaban J connectivity index is 1.59. The van der Waals surface area contributed by atoms with E-state index in [1.54, 1.807) is 18.2 Å². The first-order valence-corrected chi connectivity index (χ1v) is 8.65. The van der Waals surface area contributed by atoms with Gasteiger partial charge in [0.1, 0.15) is 5.75 Å². The van der Waals surface area contributed by atoms with Crippen molar-refractivity contribution in [1.29, 1.82) is 0 Å². The summed E-state index contributed by atoms with van der Waals surface area (Å²) in [5, 5.41) is 4.83. The number of fused-ring (bicyclic) bond motifs is 1. The van der Waals surface area contributed by atoms with Gasteiger partial charge in [0.05, 0.1) is 17.1 Å². The summed E-state index contributed by atoms with van der Waals surface area (Å²) in [6.45, 7) is -0.366. The molecule has 3 aromatic carbocycles. The fourth-order valence-electron chi connectivity index (χ4n) is 2.47. The van der Waals surface area contributed by atoms with Crippen molar-refractivity contribution in [2.75, 3.05) is 19.0 Å². The number of carbonyl (C=O) groups excluding carboxylic acids is 2. The minimum Gasteiger partial charge on any atom is -0.496 e. The number of anilines is 1. The van der Waals surface area contributed by atoms with Crippen molar-refractivity contribution in [3.8, 4) is 5.75 Å². The molecule has 3 rings (SSSR count). The van der Waals surface area contributed by atoms with Crippen LogP contribution in [0.15, 0.2) is 65.1 Å². The van der Waals surface area contributed by atoms with Crippen molar-refractivity contribution in [3.05, 3.63) is 70.7 Å². The van der Waals surface area contributed by atoms with E-state index < -0.39 is 11.9 Å². The summed E-state index contributed by atoms with van der Waals surface area (Å²) in [4.78, 5) is 24.1. The molecule has 0 radical (unpaired) electrons. The normalized spacial score (nSPS) is 10.4. The highest BCUT2D eigenvalue weighted by Gasteiger charge is 2.12. The second-order valence-electron chi connectivity index (χ2n) is 5.54. The quantitative estimate of drug-likeness (QED) is 0.629. The molecule has 0 atom stereocenters. The predicted molar refractivity (Wildman–Crippen MR) is 104 cm³/mol. The summed E-state index contributed by atoms with van der Waals surface area (Å²) >= 11 is 3.31. The molecule has 6 heteroatoms. The van der Waals surface area contributed by atoms with Gasteiger partial charge in [-0.3, -0.25) is 4.79 Å². The van der Waals surface area contributed by atoms with Crippen molar-refractivity contribution in [2.45, 2.75) is 0 Å². The Bertz CT molecular complexity index is 971. The molecule has 0 fully saturated rings.